The summed E-state index contributed by atoms with van der Waals surface area (Å²) in [7, 11) is 0. The Kier molecular flexibility index (Phi) is 11.1. The number of carbonyl (C=O) groups is 1. The fourth-order valence-corrected chi connectivity index (χ4v) is 2.64. The molecule has 1 amide bonds. The summed E-state index contributed by atoms with van der Waals surface area (Å²) in [5, 5.41) is 16.6. The molecule has 0 fully saturated rings. The number of hydrogen-bond donors (Lipinski definition) is 3. The molecule has 0 spiro atoms. The van der Waals surface area contributed by atoms with Gasteiger partial charge in [0, 0.05) is 26.3 Å². The van der Waals surface area contributed by atoms with Crippen molar-refractivity contribution in [3.8, 4) is 0 Å². The lowest BCUT2D eigenvalue weighted by molar-refractivity contribution is -0.133. The van der Waals surface area contributed by atoms with Gasteiger partial charge in [-0.25, -0.2) is 4.79 Å². The van der Waals surface area contributed by atoms with Crippen LogP contribution in [0.1, 0.15) is 40.2 Å². The molecule has 160 valence electrons. The second kappa shape index (κ2) is 12.7. The molecule has 0 heterocycles. The number of ether oxygens (including phenoxy) is 3. The zero-order chi connectivity index (χ0) is 21.0. The van der Waals surface area contributed by atoms with Crippen LogP contribution in [0.5, 0.6) is 0 Å². The summed E-state index contributed by atoms with van der Waals surface area (Å²) in [4.78, 5) is 12.2. The summed E-state index contributed by atoms with van der Waals surface area (Å²) in [6, 6.07) is 9.22. The molecule has 0 aliphatic carbocycles. The molecule has 1 aromatic carbocycles. The number of rotatable bonds is 12. The third-order valence-corrected chi connectivity index (χ3v) is 3.83. The lowest BCUT2D eigenvalue weighted by Gasteiger charge is -2.27. The van der Waals surface area contributed by atoms with Gasteiger partial charge in [0.15, 0.2) is 6.29 Å². The van der Waals surface area contributed by atoms with E-state index in [1.807, 2.05) is 44.2 Å². The molecule has 7 heteroatoms. The first-order valence-corrected chi connectivity index (χ1v) is 9.90. The van der Waals surface area contributed by atoms with Gasteiger partial charge in [-0.2, -0.15) is 0 Å². The molecule has 7 nitrogen and oxygen atoms in total. The minimum Gasteiger partial charge on any atom is -0.444 e. The molecule has 0 bridgehead atoms. The van der Waals surface area contributed by atoms with E-state index in [0.29, 0.717) is 26.2 Å². The summed E-state index contributed by atoms with van der Waals surface area (Å²) in [6.45, 7) is 11.0. The van der Waals surface area contributed by atoms with E-state index in [2.05, 4.69) is 10.6 Å². The van der Waals surface area contributed by atoms with Crippen LogP contribution in [0, 0.1) is 0 Å². The Hall–Kier alpha value is -1.67. The smallest absolute Gasteiger partial charge is 0.407 e. The summed E-state index contributed by atoms with van der Waals surface area (Å²) in [6.07, 6.45) is -1.23. The van der Waals surface area contributed by atoms with Gasteiger partial charge >= 0.3 is 6.09 Å². The maximum Gasteiger partial charge on any atom is 0.407 e. The third-order valence-electron chi connectivity index (χ3n) is 3.83. The largest absolute Gasteiger partial charge is 0.444 e. The van der Waals surface area contributed by atoms with Crippen molar-refractivity contribution in [2.45, 2.75) is 65.1 Å². The average Bonchev–Trinajstić information content (AvgIpc) is 2.60. The highest BCUT2D eigenvalue weighted by Gasteiger charge is 2.25. The zero-order valence-electron chi connectivity index (χ0n) is 17.7. The van der Waals surface area contributed by atoms with E-state index < -0.39 is 23.8 Å². The molecule has 0 unspecified atom stereocenters. The molecule has 2 atom stereocenters. The van der Waals surface area contributed by atoms with Gasteiger partial charge in [0.1, 0.15) is 5.60 Å². The lowest BCUT2D eigenvalue weighted by Crippen LogP contribution is -2.50. The third kappa shape index (κ3) is 10.6. The fraction of sp³-hybridized carbons (Fsp3) is 0.667. The Bertz CT molecular complexity index is 541. The summed E-state index contributed by atoms with van der Waals surface area (Å²) < 4.78 is 16.3. The van der Waals surface area contributed by atoms with Gasteiger partial charge in [-0.05, 0) is 46.6 Å². The van der Waals surface area contributed by atoms with Crippen molar-refractivity contribution in [3.63, 3.8) is 0 Å². The van der Waals surface area contributed by atoms with Crippen molar-refractivity contribution in [3.05, 3.63) is 35.9 Å². The quantitative estimate of drug-likeness (QED) is 0.471. The van der Waals surface area contributed by atoms with E-state index in [0.717, 1.165) is 5.56 Å². The second-order valence-electron chi connectivity index (χ2n) is 7.51. The van der Waals surface area contributed by atoms with Gasteiger partial charge in [-0.15, -0.1) is 0 Å². The number of carbonyl (C=O) groups excluding carboxylic acids is 1. The first kappa shape index (κ1) is 24.4. The normalized spacial score (nSPS) is 14.0. The maximum atomic E-state index is 12.2. The molecular weight excluding hydrogens is 360 g/mol. The molecule has 0 radical (unpaired) electrons. The Labute approximate surface area is 168 Å². The topological polar surface area (TPSA) is 89.1 Å². The number of aliphatic hydroxyl groups is 1. The van der Waals surface area contributed by atoms with Crippen LogP contribution < -0.4 is 10.6 Å². The number of amides is 1. The molecule has 0 aliphatic heterocycles. The number of benzene rings is 1. The predicted molar refractivity (Wildman–Crippen MR) is 109 cm³/mol. The number of aliphatic hydroxyl groups excluding tert-OH is 1. The van der Waals surface area contributed by atoms with Gasteiger partial charge in [0.2, 0.25) is 0 Å². The Morgan fingerprint density at radius 2 is 1.68 bits per heavy atom. The van der Waals surface area contributed by atoms with E-state index in [9.17, 15) is 9.90 Å². The highest BCUT2D eigenvalue weighted by Crippen LogP contribution is 2.10. The molecule has 0 aliphatic rings. The lowest BCUT2D eigenvalue weighted by atomic mass is 10.0. The minimum atomic E-state index is -0.809. The van der Waals surface area contributed by atoms with Crippen LogP contribution in [-0.4, -0.2) is 61.5 Å². The van der Waals surface area contributed by atoms with Gasteiger partial charge in [-0.1, -0.05) is 30.3 Å². The average molecular weight is 397 g/mol. The van der Waals surface area contributed by atoms with Crippen LogP contribution in [0.25, 0.3) is 0 Å². The molecule has 3 N–H and O–H groups in total. The molecule has 1 aromatic rings. The van der Waals surface area contributed by atoms with Crippen LogP contribution >= 0.6 is 0 Å². The van der Waals surface area contributed by atoms with Gasteiger partial charge < -0.3 is 30.0 Å². The minimum absolute atomic E-state index is 0.282. The van der Waals surface area contributed by atoms with Crippen LogP contribution in [0.15, 0.2) is 30.3 Å². The van der Waals surface area contributed by atoms with E-state index in [1.165, 1.54) is 0 Å². The monoisotopic (exact) mass is 396 g/mol. The molecule has 0 aromatic heterocycles. The van der Waals surface area contributed by atoms with Crippen LogP contribution in [0.2, 0.25) is 0 Å². The van der Waals surface area contributed by atoms with Crippen molar-refractivity contribution in [1.29, 1.82) is 0 Å². The fourth-order valence-electron chi connectivity index (χ4n) is 2.64. The standard InChI is InChI=1S/C21H36N2O5/c1-6-26-19(27-7-2)15-22-14-18(24)17(13-16-11-9-8-10-12-16)23-20(25)28-21(3,4)5/h8-12,17-19,22,24H,6-7,13-15H2,1-5H3,(H,23,25)/t17-,18+/m0/s1. The van der Waals surface area contributed by atoms with Crippen molar-refractivity contribution in [2.24, 2.45) is 0 Å². The highest BCUT2D eigenvalue weighted by molar-refractivity contribution is 5.68. The second-order valence-corrected chi connectivity index (χ2v) is 7.51. The van der Waals surface area contributed by atoms with Crippen LogP contribution in [0.3, 0.4) is 0 Å². The van der Waals surface area contributed by atoms with Crippen molar-refractivity contribution in [1.82, 2.24) is 10.6 Å². The summed E-state index contributed by atoms with van der Waals surface area (Å²) >= 11 is 0. The van der Waals surface area contributed by atoms with Crippen LogP contribution in [0.4, 0.5) is 4.79 Å². The predicted octanol–water partition coefficient (Wildman–Crippen LogP) is 2.47. The van der Waals surface area contributed by atoms with Gasteiger partial charge in [0.25, 0.3) is 0 Å². The van der Waals surface area contributed by atoms with Gasteiger partial charge in [-0.3, -0.25) is 0 Å². The first-order chi connectivity index (χ1) is 13.2. The number of alkyl carbamates (subject to hydrolysis) is 1. The van der Waals surface area contributed by atoms with Crippen molar-refractivity contribution < 1.29 is 24.1 Å². The summed E-state index contributed by atoms with van der Waals surface area (Å²) in [5.41, 5.74) is 0.413. The highest BCUT2D eigenvalue weighted by atomic mass is 16.7. The Morgan fingerprint density at radius 3 is 2.21 bits per heavy atom. The van der Waals surface area contributed by atoms with Crippen molar-refractivity contribution >= 4 is 6.09 Å². The van der Waals surface area contributed by atoms with E-state index in [-0.39, 0.29) is 12.8 Å². The maximum absolute atomic E-state index is 12.2. The Balaban J connectivity index is 2.67. The molecule has 28 heavy (non-hydrogen) atoms. The van der Waals surface area contributed by atoms with Crippen molar-refractivity contribution in [2.75, 3.05) is 26.3 Å². The zero-order valence-corrected chi connectivity index (χ0v) is 17.7. The SMILES string of the molecule is CCOC(CNC[C@@H](O)[C@H](Cc1ccccc1)NC(=O)OC(C)(C)C)OCC. The van der Waals surface area contributed by atoms with Crippen LogP contribution in [-0.2, 0) is 20.6 Å². The van der Waals surface area contributed by atoms with E-state index in [4.69, 9.17) is 14.2 Å². The molecule has 0 saturated heterocycles. The van der Waals surface area contributed by atoms with Gasteiger partial charge in [0.05, 0.1) is 12.1 Å². The Morgan fingerprint density at radius 1 is 1.07 bits per heavy atom. The first-order valence-electron chi connectivity index (χ1n) is 9.90. The number of hydrogen-bond acceptors (Lipinski definition) is 6. The summed E-state index contributed by atoms with van der Waals surface area (Å²) in [5.74, 6) is 0. The molecule has 0 saturated carbocycles. The number of nitrogens with one attached hydrogen (secondary N) is 2. The molecular formula is C21H36N2O5. The molecule has 1 rings (SSSR count). The van der Waals surface area contributed by atoms with E-state index in [1.54, 1.807) is 20.8 Å². The van der Waals surface area contributed by atoms with E-state index >= 15 is 0 Å².